The van der Waals surface area contributed by atoms with Crippen molar-refractivity contribution in [3.63, 3.8) is 0 Å². The Morgan fingerprint density at radius 1 is 1.30 bits per heavy atom. The molecule has 5 heteroatoms. The molecule has 3 nitrogen and oxygen atoms in total. The molecule has 0 aliphatic rings. The summed E-state index contributed by atoms with van der Waals surface area (Å²) in [6.45, 7) is 2.93. The number of carbonyl (C=O) groups excluding carboxylic acids is 1. The number of amides is 1. The van der Waals surface area contributed by atoms with Crippen LogP contribution in [0.2, 0.25) is 0 Å². The minimum atomic E-state index is -0.0679. The van der Waals surface area contributed by atoms with Gasteiger partial charge in [0.1, 0.15) is 5.75 Å². The molecule has 0 aromatic heterocycles. The summed E-state index contributed by atoms with van der Waals surface area (Å²) >= 11 is 6.35. The van der Waals surface area contributed by atoms with Gasteiger partial charge in [-0.25, -0.2) is 0 Å². The average Bonchev–Trinajstić information content (AvgIpc) is 2.49. The molecule has 1 aromatic rings. The van der Waals surface area contributed by atoms with Gasteiger partial charge in [0.15, 0.2) is 6.61 Å². The highest BCUT2D eigenvalue weighted by Gasteiger charge is 2.01. The van der Waals surface area contributed by atoms with Gasteiger partial charge < -0.3 is 10.1 Å². The highest BCUT2D eigenvalue weighted by atomic mass is 35.5. The van der Waals surface area contributed by atoms with Crippen molar-refractivity contribution in [1.29, 1.82) is 0 Å². The lowest BCUT2D eigenvalue weighted by atomic mass is 10.1. The normalized spacial score (nSPS) is 9.40. The number of halogens is 1. The number of carbonyl (C=O) groups is 1. The van der Waals surface area contributed by atoms with Crippen molar-refractivity contribution in [3.8, 4) is 5.75 Å². The molecule has 0 saturated heterocycles. The number of thioether (sulfide) groups is 1. The number of nitrogens with one attached hydrogen (secondary N) is 1. The largest absolute Gasteiger partial charge is 0.484 e. The van der Waals surface area contributed by atoms with Gasteiger partial charge in [-0.15, -0.1) is 11.6 Å². The number of hydrogen-bond donors (Lipinski definition) is 1. The Balaban J connectivity index is 0.00000172. The molecule has 114 valence electrons. The van der Waals surface area contributed by atoms with E-state index in [0.29, 0.717) is 6.54 Å². The van der Waals surface area contributed by atoms with E-state index < -0.39 is 0 Å². The van der Waals surface area contributed by atoms with Crippen LogP contribution in [0.15, 0.2) is 24.3 Å². The first-order chi connectivity index (χ1) is 9.76. The number of rotatable bonds is 8. The van der Waals surface area contributed by atoms with E-state index in [0.717, 1.165) is 24.3 Å². The van der Waals surface area contributed by atoms with E-state index in [-0.39, 0.29) is 12.5 Å². The molecule has 1 N–H and O–H groups in total. The molecule has 0 unspecified atom stereocenters. The maximum Gasteiger partial charge on any atom is 0.257 e. The summed E-state index contributed by atoms with van der Waals surface area (Å²) in [5.41, 5.74) is 1.30. The molecule has 0 atom stereocenters. The first-order valence-electron chi connectivity index (χ1n) is 6.61. The standard InChI is InChI=1S/C14H21NO2S.CH3Cl/c1-3-4-12-5-7-13(8-6-12)17-11-14(16)15-9-10-18-2;1-2/h5-8H,3-4,9-11H2,1-2H3,(H,15,16);1H3. The van der Waals surface area contributed by atoms with Gasteiger partial charge in [0.05, 0.1) is 0 Å². The summed E-state index contributed by atoms with van der Waals surface area (Å²) in [5.74, 6) is 1.61. The lowest BCUT2D eigenvalue weighted by Crippen LogP contribution is -2.30. The van der Waals surface area contributed by atoms with Crippen LogP contribution in [0, 0.1) is 0 Å². The van der Waals surface area contributed by atoms with Crippen LogP contribution in [0.1, 0.15) is 18.9 Å². The van der Waals surface area contributed by atoms with Gasteiger partial charge in [-0.05, 0) is 30.4 Å². The van der Waals surface area contributed by atoms with E-state index in [1.807, 2.05) is 30.5 Å². The second kappa shape index (κ2) is 13.1. The molecule has 0 bridgehead atoms. The summed E-state index contributed by atoms with van der Waals surface area (Å²) in [6, 6.07) is 7.93. The quantitative estimate of drug-likeness (QED) is 0.590. The molecule has 0 aliphatic heterocycles. The fourth-order valence-corrected chi connectivity index (χ4v) is 1.84. The topological polar surface area (TPSA) is 38.3 Å². The first-order valence-corrected chi connectivity index (χ1v) is 8.76. The van der Waals surface area contributed by atoms with Crippen molar-refractivity contribution in [2.24, 2.45) is 0 Å². The molecular formula is C15H24ClNO2S. The molecule has 0 radical (unpaired) electrons. The van der Waals surface area contributed by atoms with Gasteiger partial charge in [-0.1, -0.05) is 25.5 Å². The summed E-state index contributed by atoms with van der Waals surface area (Å²) < 4.78 is 5.41. The molecule has 0 heterocycles. The zero-order valence-electron chi connectivity index (χ0n) is 12.4. The molecule has 1 amide bonds. The predicted molar refractivity (Wildman–Crippen MR) is 89.1 cm³/mol. The van der Waals surface area contributed by atoms with Crippen LogP contribution in [-0.2, 0) is 11.2 Å². The summed E-state index contributed by atoms with van der Waals surface area (Å²) in [6.07, 6.45) is 5.70. The fraction of sp³-hybridized carbons (Fsp3) is 0.533. The van der Waals surface area contributed by atoms with E-state index in [1.165, 1.54) is 11.9 Å². The van der Waals surface area contributed by atoms with Gasteiger partial charge in [0, 0.05) is 18.7 Å². The maximum absolute atomic E-state index is 11.4. The summed E-state index contributed by atoms with van der Waals surface area (Å²) in [4.78, 5) is 11.4. The van der Waals surface area contributed by atoms with Crippen LogP contribution in [0.4, 0.5) is 0 Å². The Bertz CT molecular complexity index is 357. The first kappa shape index (κ1) is 19.1. The van der Waals surface area contributed by atoms with Crippen molar-refractivity contribution in [2.45, 2.75) is 19.8 Å². The molecule has 1 aromatic carbocycles. The third-order valence-corrected chi connectivity index (χ3v) is 3.07. The maximum atomic E-state index is 11.4. The number of hydrogen-bond acceptors (Lipinski definition) is 3. The number of aryl methyl sites for hydroxylation is 1. The minimum absolute atomic E-state index is 0.0679. The van der Waals surface area contributed by atoms with Crippen LogP contribution in [0.25, 0.3) is 0 Å². The average molecular weight is 318 g/mol. The van der Waals surface area contributed by atoms with Crippen molar-refractivity contribution in [1.82, 2.24) is 5.32 Å². The smallest absolute Gasteiger partial charge is 0.257 e. The molecule has 20 heavy (non-hydrogen) atoms. The molecule has 0 fully saturated rings. The zero-order valence-corrected chi connectivity index (χ0v) is 14.0. The fourth-order valence-electron chi connectivity index (χ4n) is 1.53. The summed E-state index contributed by atoms with van der Waals surface area (Å²) in [7, 11) is 0. The van der Waals surface area contributed by atoms with Crippen molar-refractivity contribution >= 4 is 29.3 Å². The van der Waals surface area contributed by atoms with Crippen LogP contribution < -0.4 is 10.1 Å². The van der Waals surface area contributed by atoms with Gasteiger partial charge >= 0.3 is 0 Å². The Morgan fingerprint density at radius 3 is 2.50 bits per heavy atom. The van der Waals surface area contributed by atoms with Gasteiger partial charge in [0.2, 0.25) is 0 Å². The van der Waals surface area contributed by atoms with E-state index in [2.05, 4.69) is 23.8 Å². The van der Waals surface area contributed by atoms with E-state index >= 15 is 0 Å². The predicted octanol–water partition coefficient (Wildman–Crippen LogP) is 3.35. The molecule has 1 rings (SSSR count). The van der Waals surface area contributed by atoms with Gasteiger partial charge in [-0.2, -0.15) is 11.8 Å². The van der Waals surface area contributed by atoms with E-state index in [1.54, 1.807) is 11.8 Å². The molecule has 0 spiro atoms. The third kappa shape index (κ3) is 9.10. The Morgan fingerprint density at radius 2 is 1.95 bits per heavy atom. The lowest BCUT2D eigenvalue weighted by Gasteiger charge is -2.07. The third-order valence-electron chi connectivity index (χ3n) is 2.46. The zero-order chi connectivity index (χ0) is 15.2. The van der Waals surface area contributed by atoms with Crippen LogP contribution in [0.3, 0.4) is 0 Å². The SMILES string of the molecule is CCCc1ccc(OCC(=O)NCCSC)cc1.CCl. The van der Waals surface area contributed by atoms with Gasteiger partial charge in [0.25, 0.3) is 5.91 Å². The highest BCUT2D eigenvalue weighted by molar-refractivity contribution is 7.98. The van der Waals surface area contributed by atoms with Crippen LogP contribution in [0.5, 0.6) is 5.75 Å². The Hall–Kier alpha value is -0.870. The lowest BCUT2D eigenvalue weighted by molar-refractivity contribution is -0.122. The van der Waals surface area contributed by atoms with Crippen molar-refractivity contribution in [3.05, 3.63) is 29.8 Å². The molecule has 0 aliphatic carbocycles. The number of benzene rings is 1. The Kier molecular flexibility index (Phi) is 12.6. The molecular weight excluding hydrogens is 294 g/mol. The van der Waals surface area contributed by atoms with Crippen molar-refractivity contribution < 1.29 is 9.53 Å². The van der Waals surface area contributed by atoms with Crippen LogP contribution >= 0.6 is 23.4 Å². The minimum Gasteiger partial charge on any atom is -0.484 e. The Labute approximate surface area is 131 Å². The molecule has 0 saturated carbocycles. The van der Waals surface area contributed by atoms with Crippen LogP contribution in [-0.4, -0.2) is 37.5 Å². The number of ether oxygens (including phenoxy) is 1. The number of alkyl halides is 1. The van der Waals surface area contributed by atoms with Crippen molar-refractivity contribution in [2.75, 3.05) is 31.5 Å². The monoisotopic (exact) mass is 317 g/mol. The summed E-state index contributed by atoms with van der Waals surface area (Å²) in [5, 5.41) is 2.80. The van der Waals surface area contributed by atoms with Gasteiger partial charge in [-0.3, -0.25) is 4.79 Å². The highest BCUT2D eigenvalue weighted by Crippen LogP contribution is 2.13. The van der Waals surface area contributed by atoms with E-state index in [9.17, 15) is 4.79 Å². The second-order valence-corrected chi connectivity index (χ2v) is 5.01. The van der Waals surface area contributed by atoms with E-state index in [4.69, 9.17) is 4.74 Å². The second-order valence-electron chi connectivity index (χ2n) is 4.03.